The van der Waals surface area contributed by atoms with Gasteiger partial charge in [-0.3, -0.25) is 0 Å². The number of rotatable bonds is 12. The molecule has 0 aliphatic heterocycles. The van der Waals surface area contributed by atoms with Crippen LogP contribution in [0, 0.1) is 0 Å². The van der Waals surface area contributed by atoms with E-state index in [1.807, 2.05) is 51.3 Å². The molecular formula is C28H42KN5. The summed E-state index contributed by atoms with van der Waals surface area (Å²) in [6.07, 6.45) is 10.4. The molecule has 0 aromatic heterocycles. The Morgan fingerprint density at radius 2 is 1.74 bits per heavy atom. The van der Waals surface area contributed by atoms with Crippen LogP contribution >= 0.6 is 0 Å². The molecule has 0 radical (unpaired) electrons. The van der Waals surface area contributed by atoms with Crippen molar-refractivity contribution in [3.05, 3.63) is 96.2 Å². The average molecular weight is 488 g/mol. The second kappa shape index (κ2) is 19.9. The number of nitrogens with one attached hydrogen (secondary N) is 2. The van der Waals surface area contributed by atoms with E-state index in [4.69, 9.17) is 0 Å². The Labute approximate surface area is 250 Å². The summed E-state index contributed by atoms with van der Waals surface area (Å²) in [5, 5.41) is 6.98. The van der Waals surface area contributed by atoms with Gasteiger partial charge >= 0.3 is 51.4 Å². The summed E-state index contributed by atoms with van der Waals surface area (Å²) in [5.74, 6) is 0. The van der Waals surface area contributed by atoms with Crippen LogP contribution < -0.4 is 62.1 Å². The van der Waals surface area contributed by atoms with Crippen LogP contribution in [0.5, 0.6) is 0 Å². The maximum absolute atomic E-state index is 4.38. The molecule has 5 nitrogen and oxygen atoms in total. The van der Waals surface area contributed by atoms with Crippen LogP contribution in [0.2, 0.25) is 0 Å². The van der Waals surface area contributed by atoms with E-state index in [-0.39, 0.29) is 51.4 Å². The van der Waals surface area contributed by atoms with Gasteiger partial charge in [-0.05, 0) is 63.2 Å². The van der Waals surface area contributed by atoms with Gasteiger partial charge in [0.1, 0.15) is 0 Å². The smallest absolute Gasteiger partial charge is 0.620 e. The molecule has 0 aliphatic rings. The number of nitrogens with zero attached hydrogens (tertiary/aromatic N) is 3. The Bertz CT molecular complexity index is 851. The number of benzene rings is 2. The third kappa shape index (κ3) is 14.1. The third-order valence-corrected chi connectivity index (χ3v) is 4.66. The topological polar surface area (TPSA) is 44.6 Å². The van der Waals surface area contributed by atoms with E-state index >= 15 is 0 Å². The van der Waals surface area contributed by atoms with E-state index < -0.39 is 0 Å². The molecule has 0 fully saturated rings. The fraction of sp³-hybridized carbons (Fsp3) is 0.357. The summed E-state index contributed by atoms with van der Waals surface area (Å²) in [6, 6.07) is 16.8. The van der Waals surface area contributed by atoms with Crippen molar-refractivity contribution in [2.45, 2.75) is 40.2 Å². The molecule has 0 saturated carbocycles. The number of hydrogen-bond acceptors (Lipinski definition) is 4. The van der Waals surface area contributed by atoms with Gasteiger partial charge in [-0.2, -0.15) is 0 Å². The van der Waals surface area contributed by atoms with Gasteiger partial charge < -0.3 is 20.8 Å². The Balaban J connectivity index is 0.000000776. The van der Waals surface area contributed by atoms with Gasteiger partial charge in [-0.1, -0.05) is 74.5 Å². The quantitative estimate of drug-likeness (QED) is 0.272. The Morgan fingerprint density at radius 3 is 2.29 bits per heavy atom. The SMILES string of the molecule is C/C=C\C=C(\CCC)NCC.C=CN(C)NCc1cccc(-c2ccc([N-]N(C)C)cc2)c1.[K+]. The maximum Gasteiger partial charge on any atom is 1.00 e. The summed E-state index contributed by atoms with van der Waals surface area (Å²) in [7, 11) is 5.78. The Hall–Kier alpha value is -1.38. The molecule has 0 atom stereocenters. The van der Waals surface area contributed by atoms with Gasteiger partial charge in [0, 0.05) is 32.0 Å². The molecule has 180 valence electrons. The van der Waals surface area contributed by atoms with Crippen LogP contribution in [0.25, 0.3) is 16.6 Å². The predicted molar refractivity (Wildman–Crippen MR) is 145 cm³/mol. The van der Waals surface area contributed by atoms with Crippen molar-refractivity contribution in [2.75, 3.05) is 27.7 Å². The number of allylic oxidation sites excluding steroid dienone is 4. The minimum Gasteiger partial charge on any atom is -0.620 e. The van der Waals surface area contributed by atoms with Crippen LogP contribution in [-0.2, 0) is 6.54 Å². The van der Waals surface area contributed by atoms with Crippen molar-refractivity contribution < 1.29 is 51.4 Å². The normalized spacial score (nSPS) is 10.9. The molecule has 0 heterocycles. The van der Waals surface area contributed by atoms with Crippen molar-refractivity contribution in [1.82, 2.24) is 20.8 Å². The zero-order chi connectivity index (χ0) is 24.5. The fourth-order valence-corrected chi connectivity index (χ4v) is 3.03. The molecule has 2 aromatic carbocycles. The molecular weight excluding hydrogens is 445 g/mol. The average Bonchev–Trinajstić information content (AvgIpc) is 2.82. The van der Waals surface area contributed by atoms with E-state index in [1.165, 1.54) is 28.8 Å². The molecule has 2 aromatic rings. The summed E-state index contributed by atoms with van der Waals surface area (Å²) in [5.41, 5.74) is 13.6. The number of hydrazine groups is 1. The molecule has 0 aliphatic carbocycles. The van der Waals surface area contributed by atoms with E-state index in [0.29, 0.717) is 0 Å². The van der Waals surface area contributed by atoms with Crippen LogP contribution in [0.15, 0.2) is 85.2 Å². The van der Waals surface area contributed by atoms with E-state index in [9.17, 15) is 0 Å². The fourth-order valence-electron chi connectivity index (χ4n) is 3.03. The van der Waals surface area contributed by atoms with E-state index in [0.717, 1.165) is 25.2 Å². The van der Waals surface area contributed by atoms with Gasteiger partial charge in [0.2, 0.25) is 0 Å². The van der Waals surface area contributed by atoms with Crippen LogP contribution in [0.4, 0.5) is 5.69 Å². The van der Waals surface area contributed by atoms with Crippen molar-refractivity contribution in [1.29, 1.82) is 0 Å². The van der Waals surface area contributed by atoms with Gasteiger partial charge in [-0.25, -0.2) is 5.43 Å². The minimum atomic E-state index is 0. The van der Waals surface area contributed by atoms with Crippen molar-refractivity contribution in [3.63, 3.8) is 0 Å². The predicted octanol–water partition coefficient (Wildman–Crippen LogP) is 3.78. The largest absolute Gasteiger partial charge is 1.00 e. The summed E-state index contributed by atoms with van der Waals surface area (Å²) < 4.78 is 0. The summed E-state index contributed by atoms with van der Waals surface area (Å²) >= 11 is 0. The second-order valence-electron chi connectivity index (χ2n) is 7.82. The summed E-state index contributed by atoms with van der Waals surface area (Å²) in [6.45, 7) is 11.9. The molecule has 34 heavy (non-hydrogen) atoms. The van der Waals surface area contributed by atoms with E-state index in [1.54, 1.807) is 11.2 Å². The Morgan fingerprint density at radius 1 is 1.03 bits per heavy atom. The first-order chi connectivity index (χ1) is 15.9. The molecule has 0 amide bonds. The molecule has 0 bridgehead atoms. The van der Waals surface area contributed by atoms with E-state index in [2.05, 4.69) is 85.1 Å². The van der Waals surface area contributed by atoms with Crippen molar-refractivity contribution in [2.24, 2.45) is 0 Å². The maximum atomic E-state index is 4.38. The third-order valence-electron chi connectivity index (χ3n) is 4.66. The molecule has 0 unspecified atom stereocenters. The van der Waals surface area contributed by atoms with Gasteiger partial charge in [-0.15, -0.1) is 5.69 Å². The van der Waals surface area contributed by atoms with Crippen LogP contribution in [-0.4, -0.2) is 37.7 Å². The van der Waals surface area contributed by atoms with Gasteiger partial charge in [0.25, 0.3) is 0 Å². The first kappa shape index (κ1) is 32.6. The summed E-state index contributed by atoms with van der Waals surface area (Å²) in [4.78, 5) is 0. The molecule has 2 rings (SSSR count). The molecule has 0 saturated heterocycles. The standard InChI is InChI=1S/C18H23N4.C10H19N.K/c1-5-22(4)19-14-15-7-6-8-17(13-15)16-9-11-18(12-10-16)20-21(2)3;1-4-7-9-10(8-5-2)11-6-3;/h5-13,19H,1,14H2,2-4H3;4,7,9,11H,5-6,8H2,1-3H3;/q-1;;+1/b;7-4-,10-9-;. The monoisotopic (exact) mass is 487 g/mol. The second-order valence-corrected chi connectivity index (χ2v) is 7.82. The van der Waals surface area contributed by atoms with Crippen molar-refractivity contribution in [3.8, 4) is 11.1 Å². The molecule has 6 heteroatoms. The zero-order valence-electron chi connectivity index (χ0n) is 22.3. The van der Waals surface area contributed by atoms with Gasteiger partial charge in [0.15, 0.2) is 0 Å². The van der Waals surface area contributed by atoms with Gasteiger partial charge in [0.05, 0.1) is 0 Å². The van der Waals surface area contributed by atoms with Crippen LogP contribution in [0.1, 0.15) is 39.2 Å². The number of hydrogen-bond donors (Lipinski definition) is 2. The van der Waals surface area contributed by atoms with Crippen LogP contribution in [0.3, 0.4) is 0 Å². The van der Waals surface area contributed by atoms with Crippen molar-refractivity contribution >= 4 is 5.69 Å². The zero-order valence-corrected chi connectivity index (χ0v) is 25.4. The molecule has 2 N–H and O–H groups in total. The first-order valence-corrected chi connectivity index (χ1v) is 11.7. The molecule has 0 spiro atoms. The Kier molecular flexibility index (Phi) is 19.1. The minimum absolute atomic E-state index is 0. The first-order valence-electron chi connectivity index (χ1n) is 11.7.